The second kappa shape index (κ2) is 9.41. The molecule has 0 radical (unpaired) electrons. The number of carbonyl (C=O) groups excluding carboxylic acids is 1. The van der Waals surface area contributed by atoms with Gasteiger partial charge in [0.05, 0.1) is 10.7 Å². The smallest absolute Gasteiger partial charge is 0.278 e. The van der Waals surface area contributed by atoms with Crippen LogP contribution in [0, 0.1) is 6.92 Å². The highest BCUT2D eigenvalue weighted by atomic mass is 35.5. The van der Waals surface area contributed by atoms with Gasteiger partial charge < -0.3 is 9.64 Å². The Bertz CT molecular complexity index is 1120. The summed E-state index contributed by atoms with van der Waals surface area (Å²) in [6, 6.07) is 15.9. The average molecular weight is 424 g/mol. The van der Waals surface area contributed by atoms with E-state index in [1.807, 2.05) is 30.3 Å². The molecule has 1 aromatic heterocycles. The molecule has 2 aromatic carbocycles. The first-order valence-corrected chi connectivity index (χ1v) is 9.72. The second-order valence-electron chi connectivity index (χ2n) is 6.77. The van der Waals surface area contributed by atoms with E-state index in [1.54, 1.807) is 38.2 Å². The van der Waals surface area contributed by atoms with E-state index in [9.17, 15) is 9.59 Å². The SMILES string of the molecule is C=CCOc1ccc(CN(C)C(=O)c2nn(-c3ccccc3Cl)c(C)cc2=O)cc1. The maximum absolute atomic E-state index is 12.9. The third-order valence-corrected chi connectivity index (χ3v) is 4.77. The zero-order chi connectivity index (χ0) is 21.7. The van der Waals surface area contributed by atoms with Crippen LogP contribution in [0.5, 0.6) is 5.75 Å². The topological polar surface area (TPSA) is 64.4 Å². The summed E-state index contributed by atoms with van der Waals surface area (Å²) in [4.78, 5) is 26.9. The second-order valence-corrected chi connectivity index (χ2v) is 7.17. The minimum Gasteiger partial charge on any atom is -0.490 e. The van der Waals surface area contributed by atoms with Gasteiger partial charge in [0.15, 0.2) is 5.69 Å². The van der Waals surface area contributed by atoms with Gasteiger partial charge in [-0.15, -0.1) is 0 Å². The zero-order valence-corrected chi connectivity index (χ0v) is 17.6. The third-order valence-electron chi connectivity index (χ3n) is 4.45. The van der Waals surface area contributed by atoms with Crippen LogP contribution in [0.3, 0.4) is 0 Å². The quantitative estimate of drug-likeness (QED) is 0.538. The number of aryl methyl sites for hydroxylation is 1. The molecule has 1 heterocycles. The Hall–Kier alpha value is -3.38. The molecular formula is C23H22ClN3O3. The largest absolute Gasteiger partial charge is 0.490 e. The molecule has 0 spiro atoms. The van der Waals surface area contributed by atoms with Gasteiger partial charge in [0.2, 0.25) is 5.43 Å². The molecule has 1 amide bonds. The fourth-order valence-electron chi connectivity index (χ4n) is 2.94. The zero-order valence-electron chi connectivity index (χ0n) is 16.8. The molecule has 0 aliphatic heterocycles. The van der Waals surface area contributed by atoms with E-state index in [2.05, 4.69) is 11.7 Å². The number of benzene rings is 2. The van der Waals surface area contributed by atoms with Crippen LogP contribution < -0.4 is 10.2 Å². The van der Waals surface area contributed by atoms with Gasteiger partial charge in [-0.2, -0.15) is 5.10 Å². The molecule has 0 unspecified atom stereocenters. The number of hydrogen-bond acceptors (Lipinski definition) is 4. The van der Waals surface area contributed by atoms with Crippen molar-refractivity contribution >= 4 is 17.5 Å². The molecule has 154 valence electrons. The molecule has 0 N–H and O–H groups in total. The first-order valence-electron chi connectivity index (χ1n) is 9.34. The Balaban J connectivity index is 1.84. The van der Waals surface area contributed by atoms with E-state index in [-0.39, 0.29) is 5.69 Å². The maximum Gasteiger partial charge on any atom is 0.278 e. The number of rotatable bonds is 7. The molecule has 0 atom stereocenters. The van der Waals surface area contributed by atoms with Gasteiger partial charge >= 0.3 is 0 Å². The summed E-state index contributed by atoms with van der Waals surface area (Å²) >= 11 is 6.27. The molecule has 0 aliphatic rings. The first-order chi connectivity index (χ1) is 14.4. The summed E-state index contributed by atoms with van der Waals surface area (Å²) < 4.78 is 6.97. The summed E-state index contributed by atoms with van der Waals surface area (Å²) in [6.07, 6.45) is 1.67. The number of hydrogen-bond donors (Lipinski definition) is 0. The van der Waals surface area contributed by atoms with Gasteiger partial charge in [0.1, 0.15) is 12.4 Å². The van der Waals surface area contributed by atoms with Gasteiger partial charge in [0, 0.05) is 25.4 Å². The Labute approximate surface area is 180 Å². The molecular weight excluding hydrogens is 402 g/mol. The van der Waals surface area contributed by atoms with Crippen molar-refractivity contribution in [2.24, 2.45) is 0 Å². The molecule has 30 heavy (non-hydrogen) atoms. The number of halogens is 1. The standard InChI is InChI=1S/C23H22ClN3O3/c1-4-13-30-18-11-9-17(10-12-18)15-26(3)23(29)22-21(28)14-16(2)27(25-22)20-8-6-5-7-19(20)24/h4-12,14H,1,13,15H2,2-3H3. The lowest BCUT2D eigenvalue weighted by atomic mass is 10.2. The molecule has 0 bridgehead atoms. The van der Waals surface area contributed by atoms with Crippen LogP contribution in [-0.4, -0.2) is 34.2 Å². The molecule has 0 fully saturated rings. The van der Waals surface area contributed by atoms with E-state index in [0.717, 1.165) is 11.3 Å². The van der Waals surface area contributed by atoms with Crippen LogP contribution in [-0.2, 0) is 6.54 Å². The van der Waals surface area contributed by atoms with Crippen molar-refractivity contribution in [2.45, 2.75) is 13.5 Å². The molecule has 6 nitrogen and oxygen atoms in total. The Morgan fingerprint density at radius 3 is 2.60 bits per heavy atom. The summed E-state index contributed by atoms with van der Waals surface area (Å²) in [5.41, 5.74) is 1.50. The molecule has 0 saturated heterocycles. The van der Waals surface area contributed by atoms with Gasteiger partial charge in [-0.25, -0.2) is 4.68 Å². The van der Waals surface area contributed by atoms with Crippen molar-refractivity contribution in [3.05, 3.63) is 99.4 Å². The van der Waals surface area contributed by atoms with E-state index in [4.69, 9.17) is 16.3 Å². The molecule has 3 rings (SSSR count). The summed E-state index contributed by atoms with van der Waals surface area (Å²) in [7, 11) is 1.63. The van der Waals surface area contributed by atoms with Crippen molar-refractivity contribution in [2.75, 3.05) is 13.7 Å². The van der Waals surface area contributed by atoms with Crippen LogP contribution in [0.2, 0.25) is 5.02 Å². The summed E-state index contributed by atoms with van der Waals surface area (Å²) in [5, 5.41) is 4.79. The van der Waals surface area contributed by atoms with E-state index in [0.29, 0.717) is 29.6 Å². The van der Waals surface area contributed by atoms with Crippen molar-refractivity contribution in [1.82, 2.24) is 14.7 Å². The predicted molar refractivity (Wildman–Crippen MR) is 118 cm³/mol. The maximum atomic E-state index is 12.9. The molecule has 3 aromatic rings. The Morgan fingerprint density at radius 2 is 1.93 bits per heavy atom. The fourth-order valence-corrected chi connectivity index (χ4v) is 3.15. The van der Waals surface area contributed by atoms with E-state index < -0.39 is 11.3 Å². The van der Waals surface area contributed by atoms with Gasteiger partial charge in [-0.1, -0.05) is 48.5 Å². The lowest BCUT2D eigenvalue weighted by Crippen LogP contribution is -2.33. The lowest BCUT2D eigenvalue weighted by Gasteiger charge is -2.18. The number of para-hydroxylation sites is 1. The van der Waals surface area contributed by atoms with E-state index in [1.165, 1.54) is 15.6 Å². The first kappa shape index (κ1) is 21.3. The van der Waals surface area contributed by atoms with Crippen LogP contribution in [0.25, 0.3) is 5.69 Å². The highest BCUT2D eigenvalue weighted by molar-refractivity contribution is 6.32. The molecule has 0 saturated carbocycles. The number of aromatic nitrogens is 2. The van der Waals surface area contributed by atoms with Crippen LogP contribution in [0.4, 0.5) is 0 Å². The Morgan fingerprint density at radius 1 is 1.23 bits per heavy atom. The number of carbonyl (C=O) groups is 1. The minimum absolute atomic E-state index is 0.158. The Kier molecular flexibility index (Phi) is 6.69. The highest BCUT2D eigenvalue weighted by Gasteiger charge is 2.20. The highest BCUT2D eigenvalue weighted by Crippen LogP contribution is 2.20. The van der Waals surface area contributed by atoms with Gasteiger partial charge in [-0.3, -0.25) is 9.59 Å². The molecule has 0 aliphatic carbocycles. The van der Waals surface area contributed by atoms with Gasteiger partial charge in [-0.05, 0) is 36.8 Å². The fraction of sp³-hybridized carbons (Fsp3) is 0.174. The molecule has 7 heteroatoms. The normalized spacial score (nSPS) is 10.5. The van der Waals surface area contributed by atoms with E-state index >= 15 is 0 Å². The van der Waals surface area contributed by atoms with Crippen molar-refractivity contribution in [1.29, 1.82) is 0 Å². The number of ether oxygens (including phenoxy) is 1. The summed E-state index contributed by atoms with van der Waals surface area (Å²) in [6.45, 7) is 6.10. The van der Waals surface area contributed by atoms with Gasteiger partial charge in [0.25, 0.3) is 5.91 Å². The minimum atomic E-state index is -0.465. The number of nitrogens with zero attached hydrogens (tertiary/aromatic N) is 3. The lowest BCUT2D eigenvalue weighted by molar-refractivity contribution is 0.0776. The predicted octanol–water partition coefficient (Wildman–Crippen LogP) is 4.03. The monoisotopic (exact) mass is 423 g/mol. The third kappa shape index (κ3) is 4.78. The van der Waals surface area contributed by atoms with Crippen LogP contribution in [0.1, 0.15) is 21.7 Å². The van der Waals surface area contributed by atoms with Crippen LogP contribution in [0.15, 0.2) is 72.0 Å². The van der Waals surface area contributed by atoms with Crippen molar-refractivity contribution in [3.8, 4) is 11.4 Å². The van der Waals surface area contributed by atoms with Crippen LogP contribution >= 0.6 is 11.6 Å². The number of amides is 1. The average Bonchev–Trinajstić information content (AvgIpc) is 2.73. The summed E-state index contributed by atoms with van der Waals surface area (Å²) in [5.74, 6) is 0.253. The van der Waals surface area contributed by atoms with Crippen molar-refractivity contribution < 1.29 is 9.53 Å². The van der Waals surface area contributed by atoms with Crippen molar-refractivity contribution in [3.63, 3.8) is 0 Å².